The van der Waals surface area contributed by atoms with Crippen LogP contribution in [0.3, 0.4) is 0 Å². The molecule has 0 saturated carbocycles. The summed E-state index contributed by atoms with van der Waals surface area (Å²) in [6, 6.07) is 14.9. The van der Waals surface area contributed by atoms with Crippen molar-refractivity contribution < 1.29 is 56.4 Å². The Labute approximate surface area is 265 Å². The molecule has 244 valence electrons. The van der Waals surface area contributed by atoms with Crippen LogP contribution < -0.4 is 14.8 Å². The molecule has 0 saturated heterocycles. The molecule has 1 aliphatic carbocycles. The molecule has 2 aliphatic rings. The Balaban J connectivity index is 1.45. The van der Waals surface area contributed by atoms with Crippen LogP contribution in [0.1, 0.15) is 67.9 Å². The lowest BCUT2D eigenvalue weighted by Crippen LogP contribution is -2.52. The number of Topliss-reactive ketones (excluding diaryl/α,β-unsaturated/α-hetero) is 1. The van der Waals surface area contributed by atoms with Crippen molar-refractivity contribution in [1.29, 1.82) is 0 Å². The highest BCUT2D eigenvalue weighted by molar-refractivity contribution is 6.32. The van der Waals surface area contributed by atoms with Crippen LogP contribution in [0.5, 0.6) is 11.5 Å². The Hall–Kier alpha value is -5.30. The Morgan fingerprint density at radius 3 is 2.02 bits per heavy atom. The number of rotatable bonds is 10. The van der Waals surface area contributed by atoms with Crippen LogP contribution in [0.25, 0.3) is 11.1 Å². The van der Waals surface area contributed by atoms with Crippen molar-refractivity contribution >= 4 is 34.6 Å². The van der Waals surface area contributed by atoms with Crippen molar-refractivity contribution in [2.45, 2.75) is 44.0 Å². The Bertz CT molecular complexity index is 1780. The second-order valence-electron chi connectivity index (χ2n) is 10.8. The van der Waals surface area contributed by atoms with Gasteiger partial charge in [-0.3, -0.25) is 14.4 Å². The van der Waals surface area contributed by atoms with Gasteiger partial charge in [0, 0.05) is 22.3 Å². The number of nitrogens with one attached hydrogen (secondary N) is 1. The van der Waals surface area contributed by atoms with Crippen LogP contribution >= 0.6 is 0 Å². The van der Waals surface area contributed by atoms with Gasteiger partial charge in [-0.25, -0.2) is 4.79 Å². The number of ketones is 2. The van der Waals surface area contributed by atoms with Gasteiger partial charge in [-0.1, -0.05) is 42.5 Å². The number of halogens is 4. The highest BCUT2D eigenvalue weighted by Crippen LogP contribution is 2.47. The van der Waals surface area contributed by atoms with Gasteiger partial charge in [0.25, 0.3) is 5.91 Å². The zero-order valence-electron chi connectivity index (χ0n) is 24.5. The van der Waals surface area contributed by atoms with E-state index in [-0.39, 0.29) is 22.3 Å². The van der Waals surface area contributed by atoms with Gasteiger partial charge >= 0.3 is 18.2 Å². The van der Waals surface area contributed by atoms with E-state index in [4.69, 9.17) is 5.11 Å². The standard InChI is InChI=1S/C34H27F4NO8/c35-33(36)34(37,38)47-29-16-24(14-15-28(29)46-33)26(40)17-25(21-8-6-20(7-9-21)19-4-2-1-3-5-19)30(42)22-10-12-23(13-11-22)31(43)39-18-27(41)32(44)45/h4,6-17,27,41H,1-3,5,18H2,(H,39,43)(H,44,45)/b25-17-/t27-/m1/s1. The first-order chi connectivity index (χ1) is 22.3. The maximum absolute atomic E-state index is 13.8. The number of ether oxygens (including phenoxy) is 2. The number of alkyl halides is 4. The van der Waals surface area contributed by atoms with Gasteiger partial charge in [0.05, 0.1) is 6.54 Å². The molecule has 0 radical (unpaired) electrons. The number of allylic oxidation sites excluding steroid dienone is 4. The maximum Gasteiger partial charge on any atom is 0.507 e. The van der Waals surface area contributed by atoms with Crippen molar-refractivity contribution in [3.05, 3.63) is 107 Å². The fraction of sp³-hybridized carbons (Fsp3) is 0.235. The molecular weight excluding hydrogens is 626 g/mol. The number of carboxylic acids is 1. The predicted octanol–water partition coefficient (Wildman–Crippen LogP) is 5.93. The first-order valence-electron chi connectivity index (χ1n) is 14.4. The molecular formula is C34H27F4NO8. The van der Waals surface area contributed by atoms with Crippen molar-refractivity contribution in [2.24, 2.45) is 0 Å². The van der Waals surface area contributed by atoms with E-state index >= 15 is 0 Å². The van der Waals surface area contributed by atoms with Crippen molar-refractivity contribution in [3.63, 3.8) is 0 Å². The van der Waals surface area contributed by atoms with Crippen LogP contribution in [0.2, 0.25) is 0 Å². The molecule has 0 fully saturated rings. The van der Waals surface area contributed by atoms with Gasteiger partial charge in [0.2, 0.25) is 0 Å². The van der Waals surface area contributed by atoms with Gasteiger partial charge in [0.1, 0.15) is 0 Å². The average Bonchev–Trinajstić information content (AvgIpc) is 3.06. The molecule has 1 atom stereocenters. The molecule has 13 heteroatoms. The van der Waals surface area contributed by atoms with Crippen molar-refractivity contribution in [2.75, 3.05) is 6.54 Å². The SMILES string of the molecule is O=C(/C=C(\C(=O)c1ccc(C(=O)NC[C@@H](O)C(=O)O)cc1)c1ccc(C2=CCCCC2)cc1)c1ccc2c(c1)OC(F)(F)C(F)(F)O2. The molecule has 3 aromatic rings. The summed E-state index contributed by atoms with van der Waals surface area (Å²) < 4.78 is 62.9. The summed E-state index contributed by atoms with van der Waals surface area (Å²) in [5.41, 5.74) is 2.22. The highest BCUT2D eigenvalue weighted by atomic mass is 19.3. The number of hydrogen-bond donors (Lipinski definition) is 3. The number of fused-ring (bicyclic) bond motifs is 1. The summed E-state index contributed by atoms with van der Waals surface area (Å²) >= 11 is 0. The molecule has 3 N–H and O–H groups in total. The van der Waals surface area contributed by atoms with Gasteiger partial charge < -0.3 is 25.0 Å². The zero-order chi connectivity index (χ0) is 33.9. The van der Waals surface area contributed by atoms with Gasteiger partial charge in [-0.15, -0.1) is 0 Å². The van der Waals surface area contributed by atoms with E-state index in [1.54, 1.807) is 12.1 Å². The summed E-state index contributed by atoms with van der Waals surface area (Å²) in [5, 5.41) is 20.4. The number of aliphatic carboxylic acids is 1. The third-order valence-corrected chi connectivity index (χ3v) is 7.57. The molecule has 1 heterocycles. The summed E-state index contributed by atoms with van der Waals surface area (Å²) in [6.45, 7) is -0.545. The van der Waals surface area contributed by atoms with Crippen molar-refractivity contribution in [3.8, 4) is 11.5 Å². The van der Waals surface area contributed by atoms with E-state index in [1.165, 1.54) is 24.3 Å². The van der Waals surface area contributed by atoms with E-state index in [0.717, 1.165) is 61.1 Å². The Kier molecular flexibility index (Phi) is 9.29. The van der Waals surface area contributed by atoms with Gasteiger partial charge in [-0.05, 0) is 78.8 Å². The molecule has 5 rings (SSSR count). The number of benzene rings is 3. The first-order valence-corrected chi connectivity index (χ1v) is 14.4. The minimum atomic E-state index is -4.99. The third-order valence-electron chi connectivity index (χ3n) is 7.57. The number of hydrogen-bond acceptors (Lipinski definition) is 7. The minimum absolute atomic E-state index is 0.0597. The number of carbonyl (C=O) groups is 4. The molecule has 0 unspecified atom stereocenters. The normalized spacial score (nSPS) is 17.2. The quantitative estimate of drug-likeness (QED) is 0.139. The van der Waals surface area contributed by atoms with Crippen LogP contribution in [-0.2, 0) is 4.79 Å². The first kappa shape index (κ1) is 33.1. The lowest BCUT2D eigenvalue weighted by molar-refractivity contribution is -0.391. The second kappa shape index (κ2) is 13.2. The molecule has 1 amide bonds. The molecule has 1 aliphatic heterocycles. The molecule has 47 heavy (non-hydrogen) atoms. The summed E-state index contributed by atoms with van der Waals surface area (Å²) in [4.78, 5) is 50.4. The molecule has 0 aromatic heterocycles. The number of carbonyl (C=O) groups excluding carboxylic acids is 3. The topological polar surface area (TPSA) is 139 Å². The van der Waals surface area contributed by atoms with Gasteiger partial charge in [-0.2, -0.15) is 17.6 Å². The Morgan fingerprint density at radius 2 is 1.40 bits per heavy atom. The Morgan fingerprint density at radius 1 is 0.809 bits per heavy atom. The third kappa shape index (κ3) is 7.25. The van der Waals surface area contributed by atoms with Crippen LogP contribution in [0.15, 0.2) is 78.9 Å². The van der Waals surface area contributed by atoms with Crippen LogP contribution in [0.4, 0.5) is 17.6 Å². The number of aliphatic hydroxyl groups excluding tert-OH is 1. The fourth-order valence-corrected chi connectivity index (χ4v) is 4.99. The maximum atomic E-state index is 13.8. The minimum Gasteiger partial charge on any atom is -0.479 e. The van der Waals surface area contributed by atoms with E-state index in [1.807, 2.05) is 12.1 Å². The lowest BCUT2D eigenvalue weighted by atomic mass is 9.90. The number of aliphatic hydroxyl groups is 1. The van der Waals surface area contributed by atoms with E-state index in [0.29, 0.717) is 5.56 Å². The molecule has 0 spiro atoms. The summed E-state index contributed by atoms with van der Waals surface area (Å²) in [7, 11) is 0. The average molecular weight is 654 g/mol. The highest BCUT2D eigenvalue weighted by Gasteiger charge is 2.66. The van der Waals surface area contributed by atoms with Crippen molar-refractivity contribution in [1.82, 2.24) is 5.32 Å². The molecule has 9 nitrogen and oxygen atoms in total. The van der Waals surface area contributed by atoms with E-state index in [2.05, 4.69) is 20.9 Å². The van der Waals surface area contributed by atoms with Crippen LogP contribution in [0, 0.1) is 0 Å². The lowest BCUT2D eigenvalue weighted by Gasteiger charge is -2.31. The summed E-state index contributed by atoms with van der Waals surface area (Å²) in [5.74, 6) is -5.17. The number of carboxylic acid groups (broad SMARTS) is 1. The largest absolute Gasteiger partial charge is 0.507 e. The number of amides is 1. The zero-order valence-corrected chi connectivity index (χ0v) is 24.5. The molecule has 3 aromatic carbocycles. The van der Waals surface area contributed by atoms with Gasteiger partial charge in [0.15, 0.2) is 29.2 Å². The van der Waals surface area contributed by atoms with E-state index in [9.17, 15) is 41.8 Å². The second-order valence-corrected chi connectivity index (χ2v) is 10.8. The monoisotopic (exact) mass is 653 g/mol. The van der Waals surface area contributed by atoms with E-state index < -0.39 is 59.8 Å². The smallest absolute Gasteiger partial charge is 0.479 e. The fourth-order valence-electron chi connectivity index (χ4n) is 4.99. The summed E-state index contributed by atoms with van der Waals surface area (Å²) in [6.07, 6.45) is -4.62. The predicted molar refractivity (Wildman–Crippen MR) is 160 cm³/mol. The van der Waals surface area contributed by atoms with Crippen LogP contribution in [-0.4, -0.2) is 58.5 Å². The molecule has 0 bridgehead atoms.